The summed E-state index contributed by atoms with van der Waals surface area (Å²) in [6, 6.07) is 2.41. The van der Waals surface area contributed by atoms with E-state index in [4.69, 9.17) is 22.1 Å². The Balaban J connectivity index is 2.10. The molecule has 0 aliphatic carbocycles. The first-order valence-corrected chi connectivity index (χ1v) is 8.34. The average molecular weight is 358 g/mol. The molecule has 2 unspecified atom stereocenters. The van der Waals surface area contributed by atoms with E-state index in [9.17, 15) is 9.18 Å². The predicted octanol–water partition coefficient (Wildman–Crippen LogP) is 2.87. The van der Waals surface area contributed by atoms with Crippen LogP contribution in [0.5, 0.6) is 5.75 Å². The average Bonchev–Trinajstić information content (AvgIpc) is 2.50. The SMILES string of the molecule is COc1cc(N)c(Cl)cc1C(=O)NC1CCN(C(C)(C)C)CC1F. The van der Waals surface area contributed by atoms with E-state index in [1.54, 1.807) is 0 Å². The smallest absolute Gasteiger partial charge is 0.255 e. The highest BCUT2D eigenvalue weighted by Crippen LogP contribution is 2.29. The van der Waals surface area contributed by atoms with Gasteiger partial charge in [-0.2, -0.15) is 0 Å². The largest absolute Gasteiger partial charge is 0.496 e. The molecule has 2 atom stereocenters. The van der Waals surface area contributed by atoms with Crippen LogP contribution < -0.4 is 15.8 Å². The van der Waals surface area contributed by atoms with Crippen LogP contribution in [0, 0.1) is 0 Å². The van der Waals surface area contributed by atoms with Gasteiger partial charge in [-0.3, -0.25) is 9.69 Å². The van der Waals surface area contributed by atoms with Gasteiger partial charge in [-0.15, -0.1) is 0 Å². The third kappa shape index (κ3) is 4.11. The summed E-state index contributed by atoms with van der Waals surface area (Å²) in [7, 11) is 1.44. The second-order valence-corrected chi connectivity index (χ2v) is 7.48. The van der Waals surface area contributed by atoms with Crippen LogP contribution in [0.3, 0.4) is 0 Å². The van der Waals surface area contributed by atoms with Crippen LogP contribution in [-0.2, 0) is 0 Å². The van der Waals surface area contributed by atoms with E-state index in [1.807, 2.05) is 0 Å². The molecule has 134 valence electrons. The Morgan fingerprint density at radius 2 is 2.12 bits per heavy atom. The van der Waals surface area contributed by atoms with Crippen LogP contribution in [0.1, 0.15) is 37.6 Å². The lowest BCUT2D eigenvalue weighted by Crippen LogP contribution is -2.56. The minimum atomic E-state index is -1.13. The fraction of sp³-hybridized carbons (Fsp3) is 0.588. The fourth-order valence-electron chi connectivity index (χ4n) is 2.84. The zero-order chi connectivity index (χ0) is 18.1. The second-order valence-electron chi connectivity index (χ2n) is 7.08. The lowest BCUT2D eigenvalue weighted by molar-refractivity contribution is 0.0399. The normalized spacial score (nSPS) is 22.2. The van der Waals surface area contributed by atoms with Gasteiger partial charge < -0.3 is 15.8 Å². The Morgan fingerprint density at radius 1 is 1.46 bits per heavy atom. The number of hydrogen-bond acceptors (Lipinski definition) is 4. The molecule has 1 saturated heterocycles. The monoisotopic (exact) mass is 357 g/mol. The van der Waals surface area contributed by atoms with Crippen molar-refractivity contribution in [2.24, 2.45) is 0 Å². The van der Waals surface area contributed by atoms with Gasteiger partial charge in [0.15, 0.2) is 0 Å². The molecule has 0 bridgehead atoms. The zero-order valence-electron chi connectivity index (χ0n) is 14.5. The van der Waals surface area contributed by atoms with Crippen molar-refractivity contribution in [2.75, 3.05) is 25.9 Å². The molecule has 0 saturated carbocycles. The Hall–Kier alpha value is -1.53. The van der Waals surface area contributed by atoms with Crippen LogP contribution in [0.15, 0.2) is 12.1 Å². The van der Waals surface area contributed by atoms with Crippen LogP contribution in [0.2, 0.25) is 5.02 Å². The molecule has 0 spiro atoms. The Morgan fingerprint density at radius 3 is 2.67 bits per heavy atom. The quantitative estimate of drug-likeness (QED) is 0.816. The van der Waals surface area contributed by atoms with Gasteiger partial charge in [0.1, 0.15) is 11.9 Å². The van der Waals surface area contributed by atoms with Gasteiger partial charge in [-0.25, -0.2) is 4.39 Å². The van der Waals surface area contributed by atoms with Crippen LogP contribution in [0.4, 0.5) is 10.1 Å². The van der Waals surface area contributed by atoms with E-state index in [2.05, 4.69) is 31.0 Å². The molecule has 3 N–H and O–H groups in total. The van der Waals surface area contributed by atoms with Gasteiger partial charge in [0, 0.05) is 24.7 Å². The number of amides is 1. The highest BCUT2D eigenvalue weighted by molar-refractivity contribution is 6.33. The molecule has 1 fully saturated rings. The number of benzene rings is 1. The Bertz CT molecular complexity index is 619. The molecule has 1 heterocycles. The second kappa shape index (κ2) is 7.15. The summed E-state index contributed by atoms with van der Waals surface area (Å²) in [5, 5.41) is 3.02. The first kappa shape index (κ1) is 18.8. The van der Waals surface area contributed by atoms with Crippen LogP contribution in [-0.4, -0.2) is 48.8 Å². The molecule has 5 nitrogen and oxygen atoms in total. The summed E-state index contributed by atoms with van der Waals surface area (Å²) in [4.78, 5) is 14.6. The number of carbonyl (C=O) groups excluding carboxylic acids is 1. The number of nitrogens with zero attached hydrogens (tertiary/aromatic N) is 1. The fourth-order valence-corrected chi connectivity index (χ4v) is 3.00. The number of alkyl halides is 1. The molecule has 1 aliphatic heterocycles. The number of rotatable bonds is 3. The molecule has 0 radical (unpaired) electrons. The van der Waals surface area contributed by atoms with Gasteiger partial charge in [0.2, 0.25) is 0 Å². The highest BCUT2D eigenvalue weighted by Gasteiger charge is 2.35. The molecule has 1 aliphatic rings. The number of hydrogen-bond donors (Lipinski definition) is 2. The number of ether oxygens (including phenoxy) is 1. The summed E-state index contributed by atoms with van der Waals surface area (Å²) < 4.78 is 19.7. The van der Waals surface area contributed by atoms with Crippen LogP contribution in [0.25, 0.3) is 0 Å². The molecule has 2 rings (SSSR count). The maximum Gasteiger partial charge on any atom is 0.255 e. The van der Waals surface area contributed by atoms with Crippen molar-refractivity contribution in [3.05, 3.63) is 22.7 Å². The van der Waals surface area contributed by atoms with Crippen molar-refractivity contribution >= 4 is 23.2 Å². The zero-order valence-corrected chi connectivity index (χ0v) is 15.3. The van der Waals surface area contributed by atoms with Gasteiger partial charge in [0.05, 0.1) is 29.4 Å². The van der Waals surface area contributed by atoms with E-state index in [-0.39, 0.29) is 16.1 Å². The molecule has 1 aromatic rings. The first-order valence-electron chi connectivity index (χ1n) is 7.96. The van der Waals surface area contributed by atoms with E-state index in [1.165, 1.54) is 19.2 Å². The van der Waals surface area contributed by atoms with E-state index >= 15 is 0 Å². The minimum Gasteiger partial charge on any atom is -0.496 e. The number of anilines is 1. The summed E-state index contributed by atoms with van der Waals surface area (Å²) in [6.45, 7) is 7.20. The topological polar surface area (TPSA) is 67.6 Å². The number of methoxy groups -OCH3 is 1. The predicted molar refractivity (Wildman–Crippen MR) is 94.5 cm³/mol. The third-order valence-corrected chi connectivity index (χ3v) is 4.70. The van der Waals surface area contributed by atoms with Crippen molar-refractivity contribution in [1.82, 2.24) is 10.2 Å². The molecular formula is C17H25ClFN3O2. The Labute approximate surface area is 147 Å². The maximum absolute atomic E-state index is 14.5. The van der Waals surface area contributed by atoms with E-state index in [0.29, 0.717) is 24.4 Å². The van der Waals surface area contributed by atoms with E-state index < -0.39 is 18.1 Å². The summed E-state index contributed by atoms with van der Waals surface area (Å²) in [5.74, 6) is -0.0949. The molecular weight excluding hydrogens is 333 g/mol. The van der Waals surface area contributed by atoms with Crippen molar-refractivity contribution < 1.29 is 13.9 Å². The van der Waals surface area contributed by atoms with Crippen molar-refractivity contribution in [3.63, 3.8) is 0 Å². The summed E-state index contributed by atoms with van der Waals surface area (Å²) in [5.41, 5.74) is 6.21. The third-order valence-electron chi connectivity index (χ3n) is 4.37. The number of halogens is 2. The highest BCUT2D eigenvalue weighted by atomic mass is 35.5. The molecule has 0 aromatic heterocycles. The number of nitrogens with two attached hydrogens (primary N) is 1. The van der Waals surface area contributed by atoms with E-state index in [0.717, 1.165) is 6.54 Å². The minimum absolute atomic E-state index is 0.0903. The number of nitrogen functional groups attached to an aromatic ring is 1. The number of likely N-dealkylation sites (tertiary alicyclic amines) is 1. The number of carbonyl (C=O) groups is 1. The molecule has 1 aromatic carbocycles. The number of piperidine rings is 1. The lowest BCUT2D eigenvalue weighted by Gasteiger charge is -2.42. The van der Waals surface area contributed by atoms with Crippen molar-refractivity contribution in [1.29, 1.82) is 0 Å². The standard InChI is InChI=1S/C17H25ClFN3O2/c1-17(2,3)22-6-5-14(12(19)9-22)21-16(23)10-7-11(18)13(20)8-15(10)24-4/h7-8,12,14H,5-6,9,20H2,1-4H3,(H,21,23). The van der Waals surface area contributed by atoms with Gasteiger partial charge in [-0.1, -0.05) is 11.6 Å². The molecule has 1 amide bonds. The maximum atomic E-state index is 14.5. The van der Waals surface area contributed by atoms with Gasteiger partial charge >= 0.3 is 0 Å². The molecule has 7 heteroatoms. The van der Waals surface area contributed by atoms with Gasteiger partial charge in [-0.05, 0) is 33.3 Å². The molecule has 24 heavy (non-hydrogen) atoms. The van der Waals surface area contributed by atoms with Gasteiger partial charge in [0.25, 0.3) is 5.91 Å². The number of nitrogens with one attached hydrogen (secondary N) is 1. The summed E-state index contributed by atoms with van der Waals surface area (Å²) >= 11 is 5.99. The Kier molecular flexibility index (Phi) is 5.60. The first-order chi connectivity index (χ1) is 11.1. The van der Waals surface area contributed by atoms with Crippen molar-refractivity contribution in [2.45, 2.75) is 44.9 Å². The van der Waals surface area contributed by atoms with Crippen molar-refractivity contribution in [3.8, 4) is 5.75 Å². The lowest BCUT2D eigenvalue weighted by atomic mass is 9.96. The van der Waals surface area contributed by atoms with Crippen LogP contribution >= 0.6 is 11.6 Å². The summed E-state index contributed by atoms with van der Waals surface area (Å²) in [6.07, 6.45) is -0.577.